The average Bonchev–Trinajstić information content (AvgIpc) is 2.51. The lowest BCUT2D eigenvalue weighted by molar-refractivity contribution is -0.384. The summed E-state index contributed by atoms with van der Waals surface area (Å²) in [7, 11) is 1.52. The number of hydrogen-bond acceptors (Lipinski definition) is 5. The Bertz CT molecular complexity index is 621. The van der Waals surface area contributed by atoms with E-state index < -0.39 is 16.9 Å². The van der Waals surface area contributed by atoms with Crippen LogP contribution in [0.4, 0.5) is 5.69 Å². The van der Waals surface area contributed by atoms with E-state index in [1.807, 2.05) is 0 Å². The van der Waals surface area contributed by atoms with Gasteiger partial charge in [-0.1, -0.05) is 25.4 Å². The molecule has 0 saturated heterocycles. The van der Waals surface area contributed by atoms with E-state index in [4.69, 9.17) is 16.3 Å². The molecule has 1 unspecified atom stereocenters. The first-order valence-corrected chi connectivity index (χ1v) is 7.67. The van der Waals surface area contributed by atoms with Gasteiger partial charge in [0.25, 0.3) is 11.6 Å². The van der Waals surface area contributed by atoms with Crippen molar-refractivity contribution in [3.05, 3.63) is 38.9 Å². The summed E-state index contributed by atoms with van der Waals surface area (Å²) in [5.74, 6) is -1.07. The van der Waals surface area contributed by atoms with Gasteiger partial charge in [-0.2, -0.15) is 0 Å². The van der Waals surface area contributed by atoms with Gasteiger partial charge in [0.15, 0.2) is 0 Å². The molecular formula is C15H20ClN3O5. The Balaban J connectivity index is 2.85. The monoisotopic (exact) mass is 357 g/mol. The van der Waals surface area contributed by atoms with Crippen LogP contribution in [-0.2, 0) is 9.53 Å². The summed E-state index contributed by atoms with van der Waals surface area (Å²) >= 11 is 5.93. The quantitative estimate of drug-likeness (QED) is 0.418. The maximum absolute atomic E-state index is 12.3. The second-order valence-corrected chi connectivity index (χ2v) is 5.81. The fourth-order valence-corrected chi connectivity index (χ4v) is 2.20. The van der Waals surface area contributed by atoms with E-state index in [1.54, 1.807) is 13.8 Å². The first kappa shape index (κ1) is 19.9. The molecule has 9 heteroatoms. The lowest BCUT2D eigenvalue weighted by Gasteiger charge is -2.22. The van der Waals surface area contributed by atoms with Crippen LogP contribution in [0.15, 0.2) is 18.2 Å². The number of carbonyl (C=O) groups is 2. The summed E-state index contributed by atoms with van der Waals surface area (Å²) in [5.41, 5.74) is -0.146. The van der Waals surface area contributed by atoms with Crippen molar-refractivity contribution >= 4 is 29.1 Å². The molecule has 2 amide bonds. The second kappa shape index (κ2) is 9.19. The molecule has 1 aromatic carbocycles. The molecule has 0 aromatic heterocycles. The minimum atomic E-state index is -0.763. The van der Waals surface area contributed by atoms with Crippen molar-refractivity contribution in [2.45, 2.75) is 19.9 Å². The van der Waals surface area contributed by atoms with Gasteiger partial charge in [0.1, 0.15) is 6.04 Å². The van der Waals surface area contributed by atoms with Gasteiger partial charge in [0.05, 0.1) is 22.1 Å². The van der Waals surface area contributed by atoms with Crippen LogP contribution in [0.3, 0.4) is 0 Å². The maximum Gasteiger partial charge on any atom is 0.270 e. The van der Waals surface area contributed by atoms with Crippen molar-refractivity contribution < 1.29 is 19.2 Å². The van der Waals surface area contributed by atoms with Crippen LogP contribution in [0.25, 0.3) is 0 Å². The van der Waals surface area contributed by atoms with Gasteiger partial charge in [0, 0.05) is 25.8 Å². The third-order valence-corrected chi connectivity index (χ3v) is 3.56. The number of methoxy groups -OCH3 is 1. The molecule has 1 rings (SSSR count). The topological polar surface area (TPSA) is 111 Å². The van der Waals surface area contributed by atoms with E-state index in [0.717, 1.165) is 6.07 Å². The molecule has 0 spiro atoms. The highest BCUT2D eigenvalue weighted by molar-refractivity contribution is 6.34. The molecule has 2 N–H and O–H groups in total. The van der Waals surface area contributed by atoms with E-state index >= 15 is 0 Å². The molecule has 0 aliphatic carbocycles. The van der Waals surface area contributed by atoms with Crippen LogP contribution < -0.4 is 10.6 Å². The first-order chi connectivity index (χ1) is 11.3. The zero-order valence-electron chi connectivity index (χ0n) is 13.7. The third kappa shape index (κ3) is 5.47. The molecule has 0 aliphatic heterocycles. The summed E-state index contributed by atoms with van der Waals surface area (Å²) in [4.78, 5) is 34.6. The van der Waals surface area contributed by atoms with Crippen LogP contribution >= 0.6 is 11.6 Å². The first-order valence-electron chi connectivity index (χ1n) is 7.29. The zero-order chi connectivity index (χ0) is 18.3. The number of benzene rings is 1. The van der Waals surface area contributed by atoms with Crippen LogP contribution in [0.1, 0.15) is 24.2 Å². The Kier molecular flexibility index (Phi) is 7.60. The maximum atomic E-state index is 12.3. The van der Waals surface area contributed by atoms with Gasteiger partial charge >= 0.3 is 0 Å². The van der Waals surface area contributed by atoms with Gasteiger partial charge in [-0.05, 0) is 12.0 Å². The fourth-order valence-electron chi connectivity index (χ4n) is 1.94. The van der Waals surface area contributed by atoms with Gasteiger partial charge in [-0.3, -0.25) is 19.7 Å². The third-order valence-electron chi connectivity index (χ3n) is 3.25. The smallest absolute Gasteiger partial charge is 0.270 e. The van der Waals surface area contributed by atoms with Crippen molar-refractivity contribution in [1.29, 1.82) is 0 Å². The largest absolute Gasteiger partial charge is 0.383 e. The molecule has 0 saturated carbocycles. The summed E-state index contributed by atoms with van der Waals surface area (Å²) in [5, 5.41) is 15.9. The standard InChI is InChI=1S/C15H20ClN3O5/c1-9(2)13(15(21)17-6-7-24-3)18-14(20)11-5-4-10(19(22)23)8-12(11)16/h4-5,8-9,13H,6-7H2,1-3H3,(H,17,21)(H,18,20). The second-order valence-electron chi connectivity index (χ2n) is 5.40. The SMILES string of the molecule is COCCNC(=O)C(NC(=O)c1ccc([N+](=O)[O-])cc1Cl)C(C)C. The lowest BCUT2D eigenvalue weighted by atomic mass is 10.0. The molecule has 8 nitrogen and oxygen atoms in total. The Hall–Kier alpha value is -2.19. The van der Waals surface area contributed by atoms with E-state index in [9.17, 15) is 19.7 Å². The summed E-state index contributed by atoms with van der Waals surface area (Å²) in [6.07, 6.45) is 0. The van der Waals surface area contributed by atoms with E-state index in [2.05, 4.69) is 10.6 Å². The number of nitro groups is 1. The number of non-ortho nitro benzene ring substituents is 1. The molecule has 132 valence electrons. The number of ether oxygens (including phenoxy) is 1. The number of nitro benzene ring substituents is 1. The number of rotatable bonds is 8. The molecular weight excluding hydrogens is 338 g/mol. The predicted molar refractivity (Wildman–Crippen MR) is 89.1 cm³/mol. The molecule has 0 heterocycles. The molecule has 0 aliphatic rings. The van der Waals surface area contributed by atoms with Crippen molar-refractivity contribution in [3.8, 4) is 0 Å². The van der Waals surface area contributed by atoms with Gasteiger partial charge in [0.2, 0.25) is 5.91 Å². The predicted octanol–water partition coefficient (Wildman–Crippen LogP) is 1.77. The highest BCUT2D eigenvalue weighted by Crippen LogP contribution is 2.22. The summed E-state index contributed by atoms with van der Waals surface area (Å²) in [6, 6.07) is 2.78. The van der Waals surface area contributed by atoms with Gasteiger partial charge < -0.3 is 15.4 Å². The minimum absolute atomic E-state index is 0.0519. The van der Waals surface area contributed by atoms with E-state index in [-0.39, 0.29) is 28.1 Å². The van der Waals surface area contributed by atoms with Crippen LogP contribution in [0.5, 0.6) is 0 Å². The highest BCUT2D eigenvalue weighted by atomic mass is 35.5. The molecule has 24 heavy (non-hydrogen) atoms. The summed E-state index contributed by atoms with van der Waals surface area (Å²) in [6.45, 7) is 4.27. The van der Waals surface area contributed by atoms with Crippen LogP contribution in [0, 0.1) is 16.0 Å². The van der Waals surface area contributed by atoms with Crippen LogP contribution in [-0.4, -0.2) is 43.0 Å². The van der Waals surface area contributed by atoms with E-state index in [0.29, 0.717) is 13.2 Å². The number of carbonyl (C=O) groups excluding carboxylic acids is 2. The Labute approximate surface area is 144 Å². The number of nitrogens with zero attached hydrogens (tertiary/aromatic N) is 1. The molecule has 0 bridgehead atoms. The fraction of sp³-hybridized carbons (Fsp3) is 0.467. The van der Waals surface area contributed by atoms with Crippen molar-refractivity contribution in [1.82, 2.24) is 10.6 Å². The van der Waals surface area contributed by atoms with Crippen molar-refractivity contribution in [2.75, 3.05) is 20.3 Å². The number of amides is 2. The molecule has 1 atom stereocenters. The van der Waals surface area contributed by atoms with E-state index in [1.165, 1.54) is 19.2 Å². The minimum Gasteiger partial charge on any atom is -0.383 e. The summed E-state index contributed by atoms with van der Waals surface area (Å²) < 4.78 is 4.85. The number of hydrogen-bond donors (Lipinski definition) is 2. The van der Waals surface area contributed by atoms with Gasteiger partial charge in [-0.25, -0.2) is 0 Å². The molecule has 0 fully saturated rings. The average molecular weight is 358 g/mol. The number of nitrogens with one attached hydrogen (secondary N) is 2. The number of halogens is 1. The zero-order valence-corrected chi connectivity index (χ0v) is 14.4. The van der Waals surface area contributed by atoms with Crippen molar-refractivity contribution in [2.24, 2.45) is 5.92 Å². The van der Waals surface area contributed by atoms with Crippen LogP contribution in [0.2, 0.25) is 5.02 Å². The molecule has 0 radical (unpaired) electrons. The Morgan fingerprint density at radius 3 is 2.54 bits per heavy atom. The Morgan fingerprint density at radius 1 is 1.38 bits per heavy atom. The molecule has 1 aromatic rings. The Morgan fingerprint density at radius 2 is 2.04 bits per heavy atom. The highest BCUT2D eigenvalue weighted by Gasteiger charge is 2.25. The van der Waals surface area contributed by atoms with Gasteiger partial charge in [-0.15, -0.1) is 0 Å². The lowest BCUT2D eigenvalue weighted by Crippen LogP contribution is -2.50. The normalized spacial score (nSPS) is 11.9. The van der Waals surface area contributed by atoms with Crippen molar-refractivity contribution in [3.63, 3.8) is 0 Å².